The molecule has 0 atom stereocenters. The summed E-state index contributed by atoms with van der Waals surface area (Å²) in [5, 5.41) is 10.9. The van der Waals surface area contributed by atoms with E-state index in [1.165, 1.54) is 6.08 Å². The minimum Gasteiger partial charge on any atom is -0.478 e. The van der Waals surface area contributed by atoms with Crippen molar-refractivity contribution < 1.29 is 9.90 Å². The minimum absolute atomic E-state index is 0.768. The fraction of sp³-hybridized carbons (Fsp3) is 0.0714. The molecule has 0 amide bonds. The van der Waals surface area contributed by atoms with Crippen molar-refractivity contribution in [2.24, 2.45) is 0 Å². The zero-order chi connectivity index (χ0) is 11.5. The maximum atomic E-state index is 10.6. The molecular formula is C14H12O2. The molecule has 0 saturated heterocycles. The van der Waals surface area contributed by atoms with Gasteiger partial charge in [0.05, 0.1) is 0 Å². The van der Waals surface area contributed by atoms with E-state index in [1.807, 2.05) is 49.4 Å². The van der Waals surface area contributed by atoms with Crippen molar-refractivity contribution in [2.45, 2.75) is 6.92 Å². The van der Waals surface area contributed by atoms with Crippen molar-refractivity contribution in [1.29, 1.82) is 0 Å². The van der Waals surface area contributed by atoms with Gasteiger partial charge in [-0.1, -0.05) is 42.5 Å². The Morgan fingerprint density at radius 2 is 1.81 bits per heavy atom. The lowest BCUT2D eigenvalue weighted by atomic mass is 9.99. The molecule has 0 radical (unpaired) electrons. The topological polar surface area (TPSA) is 37.3 Å². The second kappa shape index (κ2) is 4.19. The highest BCUT2D eigenvalue weighted by atomic mass is 16.4. The van der Waals surface area contributed by atoms with Gasteiger partial charge in [0.25, 0.3) is 0 Å². The number of aliphatic carboxylic acids is 1. The number of carboxylic acid groups (broad SMARTS) is 1. The van der Waals surface area contributed by atoms with Gasteiger partial charge in [-0.3, -0.25) is 0 Å². The zero-order valence-corrected chi connectivity index (χ0v) is 8.97. The zero-order valence-electron chi connectivity index (χ0n) is 8.97. The highest BCUT2D eigenvalue weighted by Crippen LogP contribution is 2.24. The Bertz CT molecular complexity index is 562. The van der Waals surface area contributed by atoms with Gasteiger partial charge in [-0.25, -0.2) is 4.79 Å². The summed E-state index contributed by atoms with van der Waals surface area (Å²) in [5.74, 6) is -0.912. The number of hydrogen-bond donors (Lipinski definition) is 1. The predicted molar refractivity (Wildman–Crippen MR) is 65.2 cm³/mol. The molecule has 0 heterocycles. The summed E-state index contributed by atoms with van der Waals surface area (Å²) in [6.07, 6.45) is 1.24. The number of hydrogen-bond acceptors (Lipinski definition) is 1. The first-order chi connectivity index (χ1) is 7.68. The van der Waals surface area contributed by atoms with Crippen LogP contribution < -0.4 is 0 Å². The Morgan fingerprint density at radius 1 is 1.12 bits per heavy atom. The van der Waals surface area contributed by atoms with Crippen LogP contribution in [0.2, 0.25) is 0 Å². The van der Waals surface area contributed by atoms with Gasteiger partial charge in [-0.2, -0.15) is 0 Å². The third kappa shape index (κ3) is 1.96. The fourth-order valence-electron chi connectivity index (χ4n) is 1.83. The smallest absolute Gasteiger partial charge is 0.328 e. The van der Waals surface area contributed by atoms with Crippen molar-refractivity contribution in [3.8, 4) is 0 Å². The monoisotopic (exact) mass is 212 g/mol. The average Bonchev–Trinajstić information content (AvgIpc) is 2.27. The van der Waals surface area contributed by atoms with Gasteiger partial charge in [-0.15, -0.1) is 0 Å². The van der Waals surface area contributed by atoms with Gasteiger partial charge in [0.15, 0.2) is 0 Å². The molecule has 0 aliphatic heterocycles. The molecule has 0 fully saturated rings. The average molecular weight is 212 g/mol. The lowest BCUT2D eigenvalue weighted by Crippen LogP contribution is -1.90. The van der Waals surface area contributed by atoms with Gasteiger partial charge in [0.2, 0.25) is 0 Å². The fourth-order valence-corrected chi connectivity index (χ4v) is 1.83. The standard InChI is InChI=1S/C14H12O2/c1-10(9-14(15)16)12-8-4-6-11-5-2-3-7-13(11)12/h2-9H,1H3,(H,15,16)/b10-9+. The van der Waals surface area contributed by atoms with Crippen LogP contribution in [-0.2, 0) is 4.79 Å². The molecule has 0 aliphatic carbocycles. The third-order valence-corrected chi connectivity index (χ3v) is 2.55. The Hall–Kier alpha value is -2.09. The molecule has 0 aromatic heterocycles. The van der Waals surface area contributed by atoms with Crippen LogP contribution in [0.1, 0.15) is 12.5 Å². The lowest BCUT2D eigenvalue weighted by Gasteiger charge is -2.05. The summed E-state index contributed by atoms with van der Waals surface area (Å²) in [4.78, 5) is 10.6. The van der Waals surface area contributed by atoms with E-state index >= 15 is 0 Å². The van der Waals surface area contributed by atoms with Crippen LogP contribution in [0.4, 0.5) is 0 Å². The minimum atomic E-state index is -0.912. The summed E-state index contributed by atoms with van der Waals surface area (Å²) < 4.78 is 0. The molecule has 2 aromatic rings. The van der Waals surface area contributed by atoms with E-state index < -0.39 is 5.97 Å². The molecule has 0 spiro atoms. The molecule has 0 saturated carbocycles. The SMILES string of the molecule is C/C(=C\C(=O)O)c1cccc2ccccc12. The van der Waals surface area contributed by atoms with Gasteiger partial charge in [0, 0.05) is 6.08 Å². The number of benzene rings is 2. The molecule has 0 aliphatic rings. The predicted octanol–water partition coefficient (Wildman–Crippen LogP) is 3.33. The normalized spacial score (nSPS) is 11.7. The molecule has 1 N–H and O–H groups in total. The Kier molecular flexibility index (Phi) is 2.73. The van der Waals surface area contributed by atoms with E-state index in [1.54, 1.807) is 0 Å². The number of allylic oxidation sites excluding steroid dienone is 1. The largest absolute Gasteiger partial charge is 0.478 e. The van der Waals surface area contributed by atoms with Crippen LogP contribution in [0.25, 0.3) is 16.3 Å². The molecule has 2 rings (SSSR count). The Balaban J connectivity index is 2.65. The van der Waals surface area contributed by atoms with Crippen LogP contribution in [0.15, 0.2) is 48.5 Å². The van der Waals surface area contributed by atoms with Gasteiger partial charge >= 0.3 is 5.97 Å². The second-order valence-corrected chi connectivity index (χ2v) is 3.69. The van der Waals surface area contributed by atoms with Gasteiger partial charge < -0.3 is 5.11 Å². The van der Waals surface area contributed by atoms with E-state index in [-0.39, 0.29) is 0 Å². The summed E-state index contributed by atoms with van der Waals surface area (Å²) in [6, 6.07) is 13.9. The number of carbonyl (C=O) groups is 1. The van der Waals surface area contributed by atoms with Crippen molar-refractivity contribution in [3.63, 3.8) is 0 Å². The summed E-state index contributed by atoms with van der Waals surface area (Å²) in [7, 11) is 0. The highest BCUT2D eigenvalue weighted by Gasteiger charge is 2.03. The second-order valence-electron chi connectivity index (χ2n) is 3.69. The summed E-state index contributed by atoms with van der Waals surface area (Å²) in [6.45, 7) is 1.82. The lowest BCUT2D eigenvalue weighted by molar-refractivity contribution is -0.131. The van der Waals surface area contributed by atoms with Crippen molar-refractivity contribution >= 4 is 22.3 Å². The van der Waals surface area contributed by atoms with E-state index in [0.29, 0.717) is 0 Å². The van der Waals surface area contributed by atoms with E-state index in [4.69, 9.17) is 5.11 Å². The Morgan fingerprint density at radius 3 is 2.56 bits per heavy atom. The van der Waals surface area contributed by atoms with Crippen LogP contribution >= 0.6 is 0 Å². The molecular weight excluding hydrogens is 200 g/mol. The quantitative estimate of drug-likeness (QED) is 0.775. The van der Waals surface area contributed by atoms with Crippen LogP contribution in [0.3, 0.4) is 0 Å². The molecule has 80 valence electrons. The molecule has 0 unspecified atom stereocenters. The molecule has 2 heteroatoms. The van der Waals surface area contributed by atoms with Gasteiger partial charge in [-0.05, 0) is 28.8 Å². The summed E-state index contributed by atoms with van der Waals surface area (Å²) in [5.41, 5.74) is 1.74. The van der Waals surface area contributed by atoms with Gasteiger partial charge in [0.1, 0.15) is 0 Å². The molecule has 2 aromatic carbocycles. The van der Waals surface area contributed by atoms with Crippen LogP contribution in [0, 0.1) is 0 Å². The van der Waals surface area contributed by atoms with Crippen molar-refractivity contribution in [2.75, 3.05) is 0 Å². The molecule has 2 nitrogen and oxygen atoms in total. The maximum absolute atomic E-state index is 10.6. The molecule has 0 bridgehead atoms. The van der Waals surface area contributed by atoms with Crippen LogP contribution in [0.5, 0.6) is 0 Å². The Labute approximate surface area is 93.8 Å². The highest BCUT2D eigenvalue weighted by molar-refractivity contribution is 5.98. The first-order valence-corrected chi connectivity index (χ1v) is 5.08. The van der Waals surface area contributed by atoms with E-state index in [0.717, 1.165) is 21.9 Å². The number of fused-ring (bicyclic) bond motifs is 1. The molecule has 16 heavy (non-hydrogen) atoms. The first kappa shape index (κ1) is 10.4. The van der Waals surface area contributed by atoms with E-state index in [9.17, 15) is 4.79 Å². The maximum Gasteiger partial charge on any atom is 0.328 e. The van der Waals surface area contributed by atoms with Crippen LogP contribution in [-0.4, -0.2) is 11.1 Å². The van der Waals surface area contributed by atoms with Crippen molar-refractivity contribution in [3.05, 3.63) is 54.1 Å². The van der Waals surface area contributed by atoms with E-state index in [2.05, 4.69) is 0 Å². The number of rotatable bonds is 2. The van der Waals surface area contributed by atoms with Crippen molar-refractivity contribution in [1.82, 2.24) is 0 Å². The summed E-state index contributed by atoms with van der Waals surface area (Å²) >= 11 is 0. The first-order valence-electron chi connectivity index (χ1n) is 5.08. The number of carboxylic acids is 1. The third-order valence-electron chi connectivity index (χ3n) is 2.55.